The fourth-order valence-corrected chi connectivity index (χ4v) is 5.71. The van der Waals surface area contributed by atoms with Gasteiger partial charge in [-0.2, -0.15) is 0 Å². The minimum atomic E-state index is -1.59. The molecule has 0 radical (unpaired) electrons. The first kappa shape index (κ1) is 28.2. The Kier molecular flexibility index (Phi) is 8.51. The Balaban J connectivity index is 1.51. The molecule has 206 valence electrons. The first-order valence-corrected chi connectivity index (χ1v) is 14.6. The number of benzene rings is 2. The molecule has 7 heteroatoms. The summed E-state index contributed by atoms with van der Waals surface area (Å²) in [5.74, 6) is 2.34. The van der Waals surface area contributed by atoms with Crippen LogP contribution in [0.25, 0.3) is 0 Å². The van der Waals surface area contributed by atoms with E-state index in [0.29, 0.717) is 29.2 Å². The van der Waals surface area contributed by atoms with Crippen molar-refractivity contribution >= 4 is 46.2 Å². The predicted octanol–water partition coefficient (Wildman–Crippen LogP) is 8.63. The normalized spacial score (nSPS) is 17.4. The number of alkyl halides is 3. The maximum Gasteiger partial charge on any atom is 0.216 e. The van der Waals surface area contributed by atoms with Gasteiger partial charge in [-0.25, -0.2) is 0 Å². The van der Waals surface area contributed by atoms with Crippen molar-refractivity contribution in [1.82, 2.24) is 0 Å². The number of allylic oxidation sites excluding steroid dienone is 10. The van der Waals surface area contributed by atoms with Crippen molar-refractivity contribution in [1.29, 1.82) is 0 Å². The quantitative estimate of drug-likeness (QED) is 0.258. The standard InChI is InChI=1S/C33H32Cl3N3O/c1-3-38-29-12-8-9-13-30(29)39(4-2)32(38)19-15-24(20-23-10-6-5-7-11-23)14-17-26-22-28(33(34,35)36)27-18-16-25(37)21-31(27)40-26/h5-17,19,21-22H,3-4,18,20,37H2,1-2H3. The van der Waals surface area contributed by atoms with Gasteiger partial charge in [-0.15, -0.1) is 0 Å². The number of nitrogens with two attached hydrogens (primary N) is 1. The molecule has 0 saturated heterocycles. The highest BCUT2D eigenvalue weighted by Crippen LogP contribution is 2.45. The number of rotatable bonds is 7. The van der Waals surface area contributed by atoms with Gasteiger partial charge < -0.3 is 20.3 Å². The third-order valence-electron chi connectivity index (χ3n) is 7.09. The largest absolute Gasteiger partial charge is 0.457 e. The van der Waals surface area contributed by atoms with E-state index in [4.69, 9.17) is 45.3 Å². The van der Waals surface area contributed by atoms with E-state index >= 15 is 0 Å². The highest BCUT2D eigenvalue weighted by Gasteiger charge is 2.33. The van der Waals surface area contributed by atoms with Crippen LogP contribution in [0.1, 0.15) is 25.8 Å². The zero-order valence-corrected chi connectivity index (χ0v) is 24.8. The summed E-state index contributed by atoms with van der Waals surface area (Å²) in [5, 5.41) is 0. The van der Waals surface area contributed by atoms with E-state index in [1.165, 1.54) is 16.9 Å². The van der Waals surface area contributed by atoms with Gasteiger partial charge in [0.15, 0.2) is 0 Å². The molecule has 2 aromatic carbocycles. The highest BCUT2D eigenvalue weighted by molar-refractivity contribution is 6.69. The van der Waals surface area contributed by atoms with Crippen molar-refractivity contribution in [2.24, 2.45) is 5.73 Å². The second-order valence-corrected chi connectivity index (χ2v) is 12.0. The summed E-state index contributed by atoms with van der Waals surface area (Å²) in [6.07, 6.45) is 15.1. The Morgan fingerprint density at radius 3 is 2.23 bits per heavy atom. The van der Waals surface area contributed by atoms with Crippen LogP contribution in [-0.2, 0) is 11.2 Å². The van der Waals surface area contributed by atoms with E-state index in [0.717, 1.165) is 36.5 Å². The maximum absolute atomic E-state index is 6.36. The molecule has 0 spiro atoms. The van der Waals surface area contributed by atoms with Gasteiger partial charge in [-0.05, 0) is 68.2 Å². The monoisotopic (exact) mass is 591 g/mol. The van der Waals surface area contributed by atoms with E-state index < -0.39 is 3.79 Å². The molecule has 0 bridgehead atoms. The summed E-state index contributed by atoms with van der Waals surface area (Å²) in [5.41, 5.74) is 12.9. The zero-order chi connectivity index (χ0) is 28.3. The molecule has 2 N–H and O–H groups in total. The Bertz CT molecular complexity index is 1460. The average Bonchev–Trinajstić information content (AvgIpc) is 3.26. The number of ether oxygens (including phenoxy) is 1. The zero-order valence-electron chi connectivity index (χ0n) is 22.6. The van der Waals surface area contributed by atoms with E-state index in [1.807, 2.05) is 18.2 Å². The van der Waals surface area contributed by atoms with Crippen molar-refractivity contribution < 1.29 is 4.74 Å². The first-order chi connectivity index (χ1) is 19.3. The van der Waals surface area contributed by atoms with Gasteiger partial charge in [-0.1, -0.05) is 95.5 Å². The van der Waals surface area contributed by atoms with Gasteiger partial charge in [0.1, 0.15) is 17.3 Å². The number of anilines is 2. The van der Waals surface area contributed by atoms with Crippen LogP contribution in [0.3, 0.4) is 0 Å². The van der Waals surface area contributed by atoms with Crippen LogP contribution in [0, 0.1) is 0 Å². The van der Waals surface area contributed by atoms with E-state index in [9.17, 15) is 0 Å². The van der Waals surface area contributed by atoms with Crippen molar-refractivity contribution in [2.75, 3.05) is 22.9 Å². The van der Waals surface area contributed by atoms with Gasteiger partial charge >= 0.3 is 0 Å². The lowest BCUT2D eigenvalue weighted by molar-refractivity contribution is 0.320. The highest BCUT2D eigenvalue weighted by atomic mass is 35.6. The topological polar surface area (TPSA) is 41.7 Å². The molecule has 0 aromatic heterocycles. The average molecular weight is 593 g/mol. The molecule has 4 nitrogen and oxygen atoms in total. The third-order valence-corrected chi connectivity index (χ3v) is 7.70. The molecule has 0 atom stereocenters. The van der Waals surface area contributed by atoms with Crippen LogP contribution < -0.4 is 15.5 Å². The van der Waals surface area contributed by atoms with E-state index in [-0.39, 0.29) is 0 Å². The molecule has 0 unspecified atom stereocenters. The van der Waals surface area contributed by atoms with Crippen LogP contribution >= 0.6 is 34.8 Å². The molecular weight excluding hydrogens is 561 g/mol. The van der Waals surface area contributed by atoms with Gasteiger partial charge in [0.2, 0.25) is 3.79 Å². The fraction of sp³-hybridized carbons (Fsp3) is 0.212. The molecule has 2 aromatic rings. The molecule has 3 aliphatic rings. The number of nitrogens with zero attached hydrogens (tertiary/aromatic N) is 2. The number of fused-ring (bicyclic) bond motifs is 2. The van der Waals surface area contributed by atoms with Gasteiger partial charge in [-0.3, -0.25) is 0 Å². The number of halogens is 3. The Hall–Kier alpha value is -3.31. The summed E-state index contributed by atoms with van der Waals surface area (Å²) >= 11 is 19.1. The number of hydrogen-bond donors (Lipinski definition) is 1. The SMILES string of the molecule is CCN1C(=CC=C(C=CC2=CC(C(Cl)(Cl)Cl)=C3CC=C(N)C=C3O2)Cc2ccccc2)N(CC)c2ccccc21. The predicted molar refractivity (Wildman–Crippen MR) is 169 cm³/mol. The van der Waals surface area contributed by atoms with Crippen LogP contribution in [0.5, 0.6) is 0 Å². The van der Waals surface area contributed by atoms with Gasteiger partial charge in [0, 0.05) is 36.0 Å². The van der Waals surface area contributed by atoms with Crippen molar-refractivity contribution in [3.05, 3.63) is 142 Å². The number of hydrogen-bond acceptors (Lipinski definition) is 4. The van der Waals surface area contributed by atoms with Crippen molar-refractivity contribution in [2.45, 2.75) is 30.5 Å². The summed E-state index contributed by atoms with van der Waals surface area (Å²) in [4.78, 5) is 4.69. The Morgan fingerprint density at radius 2 is 1.60 bits per heavy atom. The lowest BCUT2D eigenvalue weighted by atomic mass is 9.96. The molecule has 2 heterocycles. The van der Waals surface area contributed by atoms with Crippen molar-refractivity contribution in [3.63, 3.8) is 0 Å². The second kappa shape index (κ2) is 12.1. The molecule has 0 saturated carbocycles. The molecule has 5 rings (SSSR count). The molecule has 1 aliphatic carbocycles. The summed E-state index contributed by atoms with van der Waals surface area (Å²) in [6, 6.07) is 18.9. The molecule has 2 aliphatic heterocycles. The van der Waals surface area contributed by atoms with Crippen LogP contribution in [0.4, 0.5) is 11.4 Å². The van der Waals surface area contributed by atoms with Crippen LogP contribution in [0.2, 0.25) is 0 Å². The minimum absolute atomic E-state index is 0.547. The molecule has 0 fully saturated rings. The summed E-state index contributed by atoms with van der Waals surface area (Å²) in [7, 11) is 0. The number of para-hydroxylation sites is 2. The van der Waals surface area contributed by atoms with E-state index in [2.05, 4.69) is 90.4 Å². The first-order valence-electron chi connectivity index (χ1n) is 13.4. The van der Waals surface area contributed by atoms with Crippen LogP contribution in [-0.4, -0.2) is 16.9 Å². The summed E-state index contributed by atoms with van der Waals surface area (Å²) < 4.78 is 4.61. The van der Waals surface area contributed by atoms with E-state index in [1.54, 1.807) is 12.2 Å². The van der Waals surface area contributed by atoms with Crippen LogP contribution in [0.15, 0.2) is 137 Å². The third kappa shape index (κ3) is 6.05. The smallest absolute Gasteiger partial charge is 0.216 e. The minimum Gasteiger partial charge on any atom is -0.457 e. The lowest BCUT2D eigenvalue weighted by Crippen LogP contribution is -2.27. The Labute approximate surface area is 251 Å². The summed E-state index contributed by atoms with van der Waals surface area (Å²) in [6.45, 7) is 6.10. The van der Waals surface area contributed by atoms with Gasteiger partial charge in [0.05, 0.1) is 11.4 Å². The fourth-order valence-electron chi connectivity index (χ4n) is 5.21. The molecular formula is C33H32Cl3N3O. The van der Waals surface area contributed by atoms with Gasteiger partial charge in [0.25, 0.3) is 0 Å². The maximum atomic E-state index is 6.36. The van der Waals surface area contributed by atoms with Crippen molar-refractivity contribution in [3.8, 4) is 0 Å². The second-order valence-electron chi connectivity index (χ2n) is 9.69. The molecule has 0 amide bonds. The molecule has 40 heavy (non-hydrogen) atoms. The Morgan fingerprint density at radius 1 is 0.950 bits per heavy atom. The lowest BCUT2D eigenvalue weighted by Gasteiger charge is -2.27.